The summed E-state index contributed by atoms with van der Waals surface area (Å²) >= 11 is 3.00. The lowest BCUT2D eigenvalue weighted by Crippen LogP contribution is -2.29. The van der Waals surface area contributed by atoms with E-state index in [1.807, 2.05) is 69.7 Å². The second kappa shape index (κ2) is 11.4. The van der Waals surface area contributed by atoms with Crippen LogP contribution in [0.25, 0.3) is 0 Å². The number of anilines is 2. The molecule has 1 saturated heterocycles. The van der Waals surface area contributed by atoms with E-state index >= 15 is 0 Å². The number of fused-ring (bicyclic) bond motifs is 1. The van der Waals surface area contributed by atoms with E-state index in [4.69, 9.17) is 4.99 Å². The number of para-hydroxylation sites is 1. The van der Waals surface area contributed by atoms with Crippen molar-refractivity contribution in [3.8, 4) is 6.07 Å². The van der Waals surface area contributed by atoms with Crippen LogP contribution in [0.1, 0.15) is 11.1 Å². The van der Waals surface area contributed by atoms with Gasteiger partial charge in [0.1, 0.15) is 4.91 Å². The van der Waals surface area contributed by atoms with Crippen LogP contribution >= 0.6 is 23.5 Å². The van der Waals surface area contributed by atoms with Crippen LogP contribution in [-0.4, -0.2) is 55.1 Å². The maximum atomic E-state index is 13.9. The van der Waals surface area contributed by atoms with Crippen LogP contribution in [0.5, 0.6) is 0 Å². The van der Waals surface area contributed by atoms with E-state index in [9.17, 15) is 10.1 Å². The zero-order valence-electron chi connectivity index (χ0n) is 21.5. The number of nitrogens with zero attached hydrogens (tertiary/aromatic N) is 5. The summed E-state index contributed by atoms with van der Waals surface area (Å²) in [6.45, 7) is 1.99. The van der Waals surface area contributed by atoms with Crippen molar-refractivity contribution in [1.82, 2.24) is 9.80 Å². The van der Waals surface area contributed by atoms with Crippen LogP contribution in [0.15, 0.2) is 92.6 Å². The molecule has 2 heterocycles. The first kappa shape index (κ1) is 25.9. The second-order valence-electron chi connectivity index (χ2n) is 9.21. The molecule has 5 rings (SSSR count). The van der Waals surface area contributed by atoms with Crippen LogP contribution < -0.4 is 10.2 Å². The van der Waals surface area contributed by atoms with E-state index in [1.165, 1.54) is 11.8 Å². The maximum Gasteiger partial charge on any atom is 0.269 e. The number of aliphatic imine (C=N–C) groups is 1. The largest absolute Gasteiger partial charge is 0.382 e. The summed E-state index contributed by atoms with van der Waals surface area (Å²) in [4.78, 5) is 26.6. The Morgan fingerprint density at radius 2 is 1.79 bits per heavy atom. The molecule has 2 aliphatic heterocycles. The molecule has 3 aromatic carbocycles. The Hall–Kier alpha value is -3.71. The van der Waals surface area contributed by atoms with Crippen molar-refractivity contribution >= 4 is 51.7 Å². The number of amides is 1. The lowest BCUT2D eigenvalue weighted by atomic mass is 10.2. The fraction of sp³-hybridized carbons (Fsp3) is 0.207. The van der Waals surface area contributed by atoms with Crippen LogP contribution in [0, 0.1) is 11.3 Å². The summed E-state index contributed by atoms with van der Waals surface area (Å²) < 4.78 is 0. The summed E-state index contributed by atoms with van der Waals surface area (Å²) in [5.74, 6) is -0.0710. The van der Waals surface area contributed by atoms with Gasteiger partial charge in [0.15, 0.2) is 5.17 Å². The highest BCUT2D eigenvalue weighted by Gasteiger charge is 2.39. The van der Waals surface area contributed by atoms with E-state index in [-0.39, 0.29) is 5.91 Å². The number of carbonyl (C=O) groups is 1. The molecular weight excluding hydrogens is 512 g/mol. The Balaban J connectivity index is 1.55. The third kappa shape index (κ3) is 5.43. The van der Waals surface area contributed by atoms with Crippen molar-refractivity contribution in [2.75, 3.05) is 44.4 Å². The van der Waals surface area contributed by atoms with Crippen LogP contribution in [0.2, 0.25) is 0 Å². The van der Waals surface area contributed by atoms with Gasteiger partial charge in [-0.15, -0.1) is 0 Å². The standard InChI is InChI=1S/C29H28N6OS2/c1-33(2)16-15-31-22-14-13-21(18-30)17-23(22)32-29-35(19-20-9-5-4-6-10-20)27(36)26(38-29)28-34(3)24-11-7-8-12-25(24)37-28/h4-14,17,31H,15-16,19H2,1-3H3/b28-26-,32-29?. The van der Waals surface area contributed by atoms with Crippen LogP contribution in [0.4, 0.5) is 17.1 Å². The molecule has 2 aliphatic rings. The fourth-order valence-corrected chi connectivity index (χ4v) is 6.52. The van der Waals surface area contributed by atoms with Crippen molar-refractivity contribution in [2.45, 2.75) is 11.4 Å². The quantitative estimate of drug-likeness (QED) is 0.385. The summed E-state index contributed by atoms with van der Waals surface area (Å²) in [5.41, 5.74) is 4.09. The van der Waals surface area contributed by atoms with Crippen molar-refractivity contribution in [2.24, 2.45) is 4.99 Å². The van der Waals surface area contributed by atoms with Gasteiger partial charge in [-0.05, 0) is 61.8 Å². The van der Waals surface area contributed by atoms with Gasteiger partial charge in [0, 0.05) is 25.0 Å². The fourth-order valence-electron chi connectivity index (χ4n) is 4.18. The minimum atomic E-state index is -0.0710. The predicted octanol–water partition coefficient (Wildman–Crippen LogP) is 5.71. The summed E-state index contributed by atoms with van der Waals surface area (Å²) in [6, 6.07) is 25.7. The van der Waals surface area contributed by atoms with Gasteiger partial charge in [0.25, 0.3) is 5.91 Å². The number of hydrogen-bond acceptors (Lipinski definition) is 8. The molecule has 0 aliphatic carbocycles. The first-order chi connectivity index (χ1) is 18.4. The number of nitriles is 1. The molecule has 0 spiro atoms. The molecule has 0 saturated carbocycles. The van der Waals surface area contributed by atoms with E-state index in [0.29, 0.717) is 27.9 Å². The van der Waals surface area contributed by atoms with Gasteiger partial charge >= 0.3 is 0 Å². The predicted molar refractivity (Wildman–Crippen MR) is 158 cm³/mol. The highest BCUT2D eigenvalue weighted by molar-refractivity contribution is 8.19. The second-order valence-corrected chi connectivity index (χ2v) is 11.2. The molecule has 0 bridgehead atoms. The normalized spacial score (nSPS) is 17.9. The first-order valence-corrected chi connectivity index (χ1v) is 13.9. The van der Waals surface area contributed by atoms with Crippen molar-refractivity contribution < 1.29 is 4.79 Å². The molecule has 0 atom stereocenters. The zero-order chi connectivity index (χ0) is 26.6. The van der Waals surface area contributed by atoms with E-state index in [0.717, 1.165) is 40.0 Å². The van der Waals surface area contributed by atoms with Gasteiger partial charge in [-0.25, -0.2) is 4.99 Å². The van der Waals surface area contributed by atoms with E-state index in [2.05, 4.69) is 33.3 Å². The molecule has 3 aromatic rings. The van der Waals surface area contributed by atoms with Gasteiger partial charge in [0.05, 0.1) is 40.3 Å². The Morgan fingerprint density at radius 3 is 2.53 bits per heavy atom. The van der Waals surface area contributed by atoms with E-state index < -0.39 is 0 Å². The molecule has 0 aromatic heterocycles. The Kier molecular flexibility index (Phi) is 7.74. The lowest BCUT2D eigenvalue weighted by Gasteiger charge is -2.17. The van der Waals surface area contributed by atoms with Crippen LogP contribution in [0.3, 0.4) is 0 Å². The zero-order valence-corrected chi connectivity index (χ0v) is 23.1. The van der Waals surface area contributed by atoms with Gasteiger partial charge < -0.3 is 15.1 Å². The maximum absolute atomic E-state index is 13.9. The average molecular weight is 541 g/mol. The molecule has 7 nitrogen and oxygen atoms in total. The average Bonchev–Trinajstić information content (AvgIpc) is 3.41. The van der Waals surface area contributed by atoms with Crippen LogP contribution in [-0.2, 0) is 11.3 Å². The SMILES string of the molecule is CN(C)CCNc1ccc(C#N)cc1N=C1S/C(=C2\Sc3ccccc3N2C)C(=O)N1Cc1ccccc1. The molecule has 9 heteroatoms. The van der Waals surface area contributed by atoms with Crippen molar-refractivity contribution in [1.29, 1.82) is 5.26 Å². The summed E-state index contributed by atoms with van der Waals surface area (Å²) in [7, 11) is 6.04. The number of amidine groups is 1. The molecule has 0 unspecified atom stereocenters. The summed E-state index contributed by atoms with van der Waals surface area (Å²) in [5, 5.41) is 14.5. The smallest absolute Gasteiger partial charge is 0.269 e. The third-order valence-electron chi connectivity index (χ3n) is 6.20. The van der Waals surface area contributed by atoms with E-state index in [1.54, 1.807) is 28.8 Å². The number of carbonyl (C=O) groups excluding carboxylic acids is 1. The van der Waals surface area contributed by atoms with Crippen molar-refractivity contribution in [3.63, 3.8) is 0 Å². The number of rotatable bonds is 7. The number of nitrogens with one attached hydrogen (secondary N) is 1. The monoisotopic (exact) mass is 540 g/mol. The topological polar surface area (TPSA) is 75.0 Å². The molecule has 192 valence electrons. The number of hydrogen-bond donors (Lipinski definition) is 1. The van der Waals surface area contributed by atoms with Gasteiger partial charge in [-0.2, -0.15) is 5.26 Å². The highest BCUT2D eigenvalue weighted by Crippen LogP contribution is 2.50. The number of thioether (sulfide) groups is 2. The Morgan fingerprint density at radius 1 is 1.03 bits per heavy atom. The number of likely N-dealkylation sites (N-methyl/N-ethyl adjacent to an activating group) is 1. The minimum Gasteiger partial charge on any atom is -0.382 e. The molecule has 38 heavy (non-hydrogen) atoms. The molecule has 1 N–H and O–H groups in total. The lowest BCUT2D eigenvalue weighted by molar-refractivity contribution is -0.122. The molecular formula is C29H28N6OS2. The number of benzene rings is 3. The Bertz CT molecular complexity index is 1460. The van der Waals surface area contributed by atoms with Crippen molar-refractivity contribution in [3.05, 3.63) is 93.9 Å². The first-order valence-electron chi connectivity index (χ1n) is 12.2. The Labute approximate surface area is 231 Å². The molecule has 1 fully saturated rings. The van der Waals surface area contributed by atoms with Gasteiger partial charge in [-0.1, -0.05) is 54.2 Å². The van der Waals surface area contributed by atoms with Gasteiger partial charge in [-0.3, -0.25) is 9.69 Å². The third-order valence-corrected chi connectivity index (χ3v) is 8.63. The summed E-state index contributed by atoms with van der Waals surface area (Å²) in [6.07, 6.45) is 0. The van der Waals surface area contributed by atoms with Gasteiger partial charge in [0.2, 0.25) is 0 Å². The minimum absolute atomic E-state index is 0.0710. The highest BCUT2D eigenvalue weighted by atomic mass is 32.2. The molecule has 0 radical (unpaired) electrons. The molecule has 1 amide bonds.